The van der Waals surface area contributed by atoms with E-state index < -0.39 is 64.0 Å². The number of fused-ring (bicyclic) bond motifs is 1. The van der Waals surface area contributed by atoms with Gasteiger partial charge in [-0.15, -0.1) is 5.10 Å². The number of amides is 2. The molecule has 0 saturated heterocycles. The second kappa shape index (κ2) is 13.8. The van der Waals surface area contributed by atoms with Gasteiger partial charge in [-0.05, 0) is 45.9 Å². The Bertz CT molecular complexity index is 1430. The van der Waals surface area contributed by atoms with E-state index in [4.69, 9.17) is 19.7 Å². The van der Waals surface area contributed by atoms with Gasteiger partial charge in [0.2, 0.25) is 5.60 Å². The minimum atomic E-state index is -4.85. The normalized spacial score (nSPS) is 13.7. The molecule has 0 spiro atoms. The van der Waals surface area contributed by atoms with Crippen molar-refractivity contribution in [3.63, 3.8) is 0 Å². The molecular formula is C24H32F5N5O9S. The Morgan fingerprint density at radius 1 is 1.18 bits per heavy atom. The van der Waals surface area contributed by atoms with Gasteiger partial charge in [-0.3, -0.25) is 14.4 Å². The van der Waals surface area contributed by atoms with Crippen LogP contribution in [0.1, 0.15) is 34.2 Å². The first-order valence-electron chi connectivity index (χ1n) is 12.6. The first kappa shape index (κ1) is 36.3. The smallest absolute Gasteiger partial charge is 0.427 e. The summed E-state index contributed by atoms with van der Waals surface area (Å²) in [6.45, 7) is -0.400. The lowest BCUT2D eigenvalue weighted by molar-refractivity contribution is -0.242. The summed E-state index contributed by atoms with van der Waals surface area (Å²) >= 11 is 0. The number of carbonyl (C=O) groups is 2. The monoisotopic (exact) mass is 661 g/mol. The van der Waals surface area contributed by atoms with Crippen LogP contribution < -0.4 is 24.4 Å². The predicted octanol–water partition coefficient (Wildman–Crippen LogP) is 2.63. The number of halogens is 5. The van der Waals surface area contributed by atoms with Gasteiger partial charge in [-0.25, -0.2) is 17.9 Å². The van der Waals surface area contributed by atoms with Crippen molar-refractivity contribution >= 4 is 33.4 Å². The highest BCUT2D eigenvalue weighted by Crippen LogP contribution is 2.39. The van der Waals surface area contributed by atoms with Gasteiger partial charge in [-0.1, -0.05) is 0 Å². The van der Waals surface area contributed by atoms with Gasteiger partial charge in [0.25, 0.3) is 21.8 Å². The first-order valence-corrected chi connectivity index (χ1v) is 14.0. The minimum Gasteiger partial charge on any atom is -0.489 e. The van der Waals surface area contributed by atoms with Crippen LogP contribution in [0.5, 0.6) is 11.6 Å². The number of nitrogens with zero attached hydrogens (tertiary/aromatic N) is 3. The summed E-state index contributed by atoms with van der Waals surface area (Å²) in [6.07, 6.45) is -5.75. The van der Waals surface area contributed by atoms with Crippen LogP contribution in [0, 0.1) is 0 Å². The van der Waals surface area contributed by atoms with Gasteiger partial charge in [0.05, 0.1) is 25.0 Å². The molecule has 0 fully saturated rings. The average Bonchev–Trinajstić information content (AvgIpc) is 3.35. The third-order valence-corrected chi connectivity index (χ3v) is 7.40. The number of anilines is 2. The van der Waals surface area contributed by atoms with Crippen molar-refractivity contribution in [1.29, 1.82) is 0 Å². The van der Waals surface area contributed by atoms with Crippen LogP contribution in [0.2, 0.25) is 0 Å². The van der Waals surface area contributed by atoms with E-state index >= 15 is 0 Å². The zero-order chi connectivity index (χ0) is 33.7. The number of carbonyl (C=O) groups excluding carboxylic acids is 2. The maximum absolute atomic E-state index is 13.4. The molecule has 248 valence electrons. The topological polar surface area (TPSA) is 182 Å². The SMILES string of the molecule is CC(C)(OC(=O)Nc1ccc2c(c1)N(S(=O)(=O)c1cn(C(F)F)nc1OCCO)CCO2)C(F)(F)F.CNC(=O)C(C)(C)O. The van der Waals surface area contributed by atoms with Crippen LogP contribution in [-0.2, 0) is 19.6 Å². The molecule has 0 bridgehead atoms. The molecule has 0 radical (unpaired) electrons. The second-order valence-electron chi connectivity index (χ2n) is 9.90. The zero-order valence-corrected chi connectivity index (χ0v) is 24.9. The Labute approximate surface area is 248 Å². The molecule has 2 amide bonds. The lowest BCUT2D eigenvalue weighted by atomic mass is 10.1. The Kier molecular flexibility index (Phi) is 11.4. The number of likely N-dealkylation sites (N-methyl/N-ethyl adjacent to an activating group) is 1. The molecule has 20 heteroatoms. The number of nitrogens with one attached hydrogen (secondary N) is 2. The van der Waals surface area contributed by atoms with Crippen molar-refractivity contribution < 1.29 is 64.4 Å². The number of ether oxygens (including phenoxy) is 3. The third kappa shape index (κ3) is 8.82. The molecule has 0 aliphatic carbocycles. The molecule has 2 aromatic rings. The Hall–Kier alpha value is -3.91. The van der Waals surface area contributed by atoms with Crippen molar-refractivity contribution in [3.8, 4) is 11.6 Å². The Morgan fingerprint density at radius 3 is 2.32 bits per heavy atom. The molecule has 2 heterocycles. The first-order chi connectivity index (χ1) is 20.2. The lowest BCUT2D eigenvalue weighted by Gasteiger charge is -2.31. The van der Waals surface area contributed by atoms with Gasteiger partial charge in [0.1, 0.15) is 24.6 Å². The fraction of sp³-hybridized carbons (Fsp3) is 0.542. The van der Waals surface area contributed by atoms with Crippen LogP contribution in [0.3, 0.4) is 0 Å². The minimum absolute atomic E-state index is 0.0263. The zero-order valence-electron chi connectivity index (χ0n) is 24.1. The quantitative estimate of drug-likeness (QED) is 0.292. The summed E-state index contributed by atoms with van der Waals surface area (Å²) in [5.41, 5.74) is -4.33. The van der Waals surface area contributed by atoms with E-state index in [2.05, 4.69) is 20.5 Å². The molecule has 1 aromatic heterocycles. The fourth-order valence-electron chi connectivity index (χ4n) is 3.26. The number of aliphatic hydroxyl groups excluding tert-OH is 1. The number of rotatable bonds is 9. The number of benzene rings is 1. The summed E-state index contributed by atoms with van der Waals surface area (Å²) in [7, 11) is -3.12. The highest BCUT2D eigenvalue weighted by Gasteiger charge is 2.51. The van der Waals surface area contributed by atoms with E-state index in [1.54, 1.807) is 0 Å². The van der Waals surface area contributed by atoms with Gasteiger partial charge < -0.3 is 29.7 Å². The van der Waals surface area contributed by atoms with Crippen LogP contribution in [-0.4, -0.2) is 91.2 Å². The maximum atomic E-state index is 13.4. The molecule has 14 nitrogen and oxygen atoms in total. The van der Waals surface area contributed by atoms with Gasteiger partial charge in [-0.2, -0.15) is 22.0 Å². The van der Waals surface area contributed by atoms with Crippen LogP contribution in [0.4, 0.5) is 38.1 Å². The largest absolute Gasteiger partial charge is 0.489 e. The summed E-state index contributed by atoms with van der Waals surface area (Å²) in [6, 6.07) is 3.59. The highest BCUT2D eigenvalue weighted by atomic mass is 32.2. The molecule has 1 aliphatic heterocycles. The number of hydrogen-bond acceptors (Lipinski definition) is 10. The molecule has 3 rings (SSSR count). The molecule has 0 saturated carbocycles. The van der Waals surface area contributed by atoms with Crippen molar-refractivity contribution in [2.75, 3.05) is 43.0 Å². The van der Waals surface area contributed by atoms with E-state index in [1.165, 1.54) is 33.0 Å². The predicted molar refractivity (Wildman–Crippen MR) is 143 cm³/mol. The average molecular weight is 662 g/mol. The summed E-state index contributed by atoms with van der Waals surface area (Å²) in [4.78, 5) is 21.8. The molecule has 44 heavy (non-hydrogen) atoms. The fourth-order valence-corrected chi connectivity index (χ4v) is 4.77. The molecule has 4 N–H and O–H groups in total. The third-order valence-electron chi connectivity index (χ3n) is 5.60. The number of sulfonamides is 1. The highest BCUT2D eigenvalue weighted by molar-refractivity contribution is 7.93. The van der Waals surface area contributed by atoms with Gasteiger partial charge >= 0.3 is 18.8 Å². The van der Waals surface area contributed by atoms with E-state index in [-0.39, 0.29) is 40.9 Å². The summed E-state index contributed by atoms with van der Waals surface area (Å²) in [5.74, 6) is -1.01. The number of aliphatic hydroxyl groups is 2. The standard InChI is InChI=1S/C19H21F5N4O7S.C5H11NO2/c1-18(2,19(22,23)24)35-17(30)25-11-3-4-13-12(9-11)28(5-7-33-13)36(31,32)14-10-27(16(20)21)26-15(14)34-8-6-29;1-5(2,8)4(7)6-3/h3-4,9-10,16,29H,5-8H2,1-2H3,(H,25,30);8H,1-3H3,(H,6,7). The Balaban J connectivity index is 0.000000742. The van der Waals surface area contributed by atoms with Crippen LogP contribution in [0.25, 0.3) is 0 Å². The van der Waals surface area contributed by atoms with Crippen molar-refractivity contribution in [1.82, 2.24) is 15.1 Å². The molecular weight excluding hydrogens is 629 g/mol. The van der Waals surface area contributed by atoms with Crippen LogP contribution >= 0.6 is 0 Å². The molecule has 1 aromatic carbocycles. The molecule has 1 aliphatic rings. The van der Waals surface area contributed by atoms with Gasteiger partial charge in [0, 0.05) is 12.7 Å². The second-order valence-corrected chi connectivity index (χ2v) is 11.7. The lowest BCUT2D eigenvalue weighted by Crippen LogP contribution is -2.44. The molecule has 0 unspecified atom stereocenters. The van der Waals surface area contributed by atoms with E-state index in [1.807, 2.05) is 0 Å². The van der Waals surface area contributed by atoms with Gasteiger partial charge in [0.15, 0.2) is 4.90 Å². The maximum Gasteiger partial charge on any atom is 0.427 e. The van der Waals surface area contributed by atoms with Crippen LogP contribution in [0.15, 0.2) is 29.3 Å². The van der Waals surface area contributed by atoms with E-state index in [0.29, 0.717) is 20.0 Å². The number of alkyl halides is 5. The Morgan fingerprint density at radius 2 is 1.82 bits per heavy atom. The van der Waals surface area contributed by atoms with E-state index in [0.717, 1.165) is 10.4 Å². The summed E-state index contributed by atoms with van der Waals surface area (Å²) in [5, 5.41) is 25.6. The molecule has 0 atom stereocenters. The van der Waals surface area contributed by atoms with Crippen molar-refractivity contribution in [2.24, 2.45) is 0 Å². The van der Waals surface area contributed by atoms with Crippen molar-refractivity contribution in [3.05, 3.63) is 24.4 Å². The van der Waals surface area contributed by atoms with E-state index in [9.17, 15) is 40.0 Å². The van der Waals surface area contributed by atoms with Crippen molar-refractivity contribution in [2.45, 2.75) is 56.5 Å². The number of aromatic nitrogens is 2. The number of hydrogen-bond donors (Lipinski definition) is 4. The summed E-state index contributed by atoms with van der Waals surface area (Å²) < 4.78 is 108.